The zero-order valence-electron chi connectivity index (χ0n) is 12.5. The Balaban J connectivity index is 1.63. The molecular formula is C16H15N3O4. The summed E-state index contributed by atoms with van der Waals surface area (Å²) < 4.78 is 5.63. The van der Waals surface area contributed by atoms with Crippen LogP contribution in [0.5, 0.6) is 5.88 Å². The number of hydrogen-bond acceptors (Lipinski definition) is 5. The van der Waals surface area contributed by atoms with Gasteiger partial charge in [-0.15, -0.1) is 0 Å². The number of aryl methyl sites for hydroxylation is 1. The van der Waals surface area contributed by atoms with Gasteiger partial charge in [-0.2, -0.15) is 0 Å². The number of likely N-dealkylation sites (tertiary alicyclic amines) is 1. The minimum atomic E-state index is -0.477. The highest BCUT2D eigenvalue weighted by Gasteiger charge is 2.33. The summed E-state index contributed by atoms with van der Waals surface area (Å²) in [6.45, 7) is 2.53. The first-order valence-electron chi connectivity index (χ1n) is 7.16. The van der Waals surface area contributed by atoms with E-state index in [9.17, 15) is 14.9 Å². The number of carbonyl (C=O) groups excluding carboxylic acids is 1. The van der Waals surface area contributed by atoms with E-state index >= 15 is 0 Å². The fraction of sp³-hybridized carbons (Fsp3) is 0.250. The quantitative estimate of drug-likeness (QED) is 0.638. The van der Waals surface area contributed by atoms with Gasteiger partial charge in [0.2, 0.25) is 5.88 Å². The van der Waals surface area contributed by atoms with Crippen molar-refractivity contribution in [3.8, 4) is 5.88 Å². The summed E-state index contributed by atoms with van der Waals surface area (Å²) in [4.78, 5) is 28.5. The summed E-state index contributed by atoms with van der Waals surface area (Å²) in [6, 6.07) is 9.91. The van der Waals surface area contributed by atoms with Crippen LogP contribution in [-0.2, 0) is 0 Å². The molecule has 0 saturated carbocycles. The Labute approximate surface area is 132 Å². The molecule has 1 aromatic carbocycles. The third-order valence-electron chi connectivity index (χ3n) is 3.71. The number of nitro groups is 1. The molecule has 1 amide bonds. The lowest BCUT2D eigenvalue weighted by Crippen LogP contribution is -2.56. The summed E-state index contributed by atoms with van der Waals surface area (Å²) in [5.74, 6) is 0.296. The molecule has 7 nitrogen and oxygen atoms in total. The van der Waals surface area contributed by atoms with Crippen LogP contribution >= 0.6 is 0 Å². The van der Waals surface area contributed by atoms with Gasteiger partial charge in [-0.25, -0.2) is 4.98 Å². The van der Waals surface area contributed by atoms with Gasteiger partial charge in [0.05, 0.1) is 18.0 Å². The molecule has 0 N–H and O–H groups in total. The van der Waals surface area contributed by atoms with E-state index in [0.29, 0.717) is 30.1 Å². The zero-order chi connectivity index (χ0) is 16.4. The normalized spacial score (nSPS) is 14.2. The zero-order valence-corrected chi connectivity index (χ0v) is 12.5. The van der Waals surface area contributed by atoms with Crippen molar-refractivity contribution >= 4 is 11.6 Å². The van der Waals surface area contributed by atoms with Gasteiger partial charge in [0.15, 0.2) is 0 Å². The van der Waals surface area contributed by atoms with Crippen LogP contribution in [0.3, 0.4) is 0 Å². The van der Waals surface area contributed by atoms with Crippen LogP contribution in [0.1, 0.15) is 15.9 Å². The van der Waals surface area contributed by atoms with Crippen LogP contribution < -0.4 is 4.74 Å². The van der Waals surface area contributed by atoms with Gasteiger partial charge in [0.1, 0.15) is 6.10 Å². The largest absolute Gasteiger partial charge is 0.471 e. The van der Waals surface area contributed by atoms with Crippen LogP contribution in [0.15, 0.2) is 42.6 Å². The van der Waals surface area contributed by atoms with E-state index in [4.69, 9.17) is 4.74 Å². The van der Waals surface area contributed by atoms with Crippen molar-refractivity contribution in [3.05, 3.63) is 63.8 Å². The highest BCUT2D eigenvalue weighted by Crippen LogP contribution is 2.23. The second-order valence-corrected chi connectivity index (χ2v) is 5.38. The van der Waals surface area contributed by atoms with E-state index in [1.807, 2.05) is 6.07 Å². The number of carbonyl (C=O) groups is 1. The molecular weight excluding hydrogens is 298 g/mol. The van der Waals surface area contributed by atoms with Crippen molar-refractivity contribution < 1.29 is 14.5 Å². The molecule has 3 rings (SSSR count). The first-order chi connectivity index (χ1) is 11.0. The lowest BCUT2D eigenvalue weighted by molar-refractivity contribution is -0.385. The Hall–Kier alpha value is -2.96. The van der Waals surface area contributed by atoms with E-state index < -0.39 is 4.92 Å². The van der Waals surface area contributed by atoms with Gasteiger partial charge in [0, 0.05) is 29.5 Å². The van der Waals surface area contributed by atoms with Crippen molar-refractivity contribution in [1.82, 2.24) is 9.88 Å². The summed E-state index contributed by atoms with van der Waals surface area (Å²) in [6.07, 6.45) is 1.54. The molecule has 0 atom stereocenters. The Bertz CT molecular complexity index is 742. The van der Waals surface area contributed by atoms with E-state index in [2.05, 4.69) is 4.98 Å². The van der Waals surface area contributed by atoms with Crippen molar-refractivity contribution in [2.24, 2.45) is 0 Å². The fourth-order valence-corrected chi connectivity index (χ4v) is 2.39. The average Bonchev–Trinajstić information content (AvgIpc) is 2.51. The topological polar surface area (TPSA) is 85.6 Å². The summed E-state index contributed by atoms with van der Waals surface area (Å²) in [5, 5.41) is 11.0. The number of nitrogens with zero attached hydrogens (tertiary/aromatic N) is 3. The molecule has 118 valence electrons. The highest BCUT2D eigenvalue weighted by atomic mass is 16.6. The van der Waals surface area contributed by atoms with Crippen LogP contribution in [0.2, 0.25) is 0 Å². The monoisotopic (exact) mass is 313 g/mol. The first kappa shape index (κ1) is 15.0. The molecule has 1 aliphatic rings. The first-order valence-corrected chi connectivity index (χ1v) is 7.16. The molecule has 0 radical (unpaired) electrons. The lowest BCUT2D eigenvalue weighted by atomic mass is 10.1. The molecule has 0 unspecified atom stereocenters. The van der Waals surface area contributed by atoms with Crippen LogP contribution in [0.25, 0.3) is 0 Å². The number of rotatable bonds is 4. The van der Waals surface area contributed by atoms with E-state index in [0.717, 1.165) is 0 Å². The molecule has 23 heavy (non-hydrogen) atoms. The van der Waals surface area contributed by atoms with Gasteiger partial charge in [-0.1, -0.05) is 12.1 Å². The Morgan fingerprint density at radius 1 is 1.35 bits per heavy atom. The minimum Gasteiger partial charge on any atom is -0.471 e. The maximum atomic E-state index is 12.3. The molecule has 7 heteroatoms. The summed E-state index contributed by atoms with van der Waals surface area (Å²) >= 11 is 0. The molecule has 2 aromatic rings. The number of ether oxygens (including phenoxy) is 1. The van der Waals surface area contributed by atoms with E-state index in [-0.39, 0.29) is 17.7 Å². The van der Waals surface area contributed by atoms with Gasteiger partial charge in [-0.3, -0.25) is 14.9 Å². The lowest BCUT2D eigenvalue weighted by Gasteiger charge is -2.38. The molecule has 1 fully saturated rings. The second kappa shape index (κ2) is 6.04. The van der Waals surface area contributed by atoms with Gasteiger partial charge in [0.25, 0.3) is 11.6 Å². The number of benzene rings is 1. The molecule has 0 aliphatic carbocycles. The van der Waals surface area contributed by atoms with E-state index in [1.165, 1.54) is 6.07 Å². The summed E-state index contributed by atoms with van der Waals surface area (Å²) in [5.41, 5.74) is 0.808. The molecule has 1 saturated heterocycles. The highest BCUT2D eigenvalue weighted by molar-refractivity contribution is 5.95. The smallest absolute Gasteiger partial charge is 0.273 e. The third-order valence-corrected chi connectivity index (χ3v) is 3.71. The number of hydrogen-bond donors (Lipinski definition) is 0. The van der Waals surface area contributed by atoms with Crippen molar-refractivity contribution in [3.63, 3.8) is 0 Å². The van der Waals surface area contributed by atoms with Crippen LogP contribution in [-0.4, -0.2) is 39.9 Å². The maximum Gasteiger partial charge on any atom is 0.273 e. The van der Waals surface area contributed by atoms with Gasteiger partial charge >= 0.3 is 0 Å². The molecule has 1 aromatic heterocycles. The standard InChI is InChI=1S/C16H15N3O4/c1-11-5-6-12(8-14(11)19(21)22)16(20)18-9-13(10-18)23-15-4-2-3-7-17-15/h2-8,13H,9-10H2,1H3. The minimum absolute atomic E-state index is 0.0438. The molecule has 0 spiro atoms. The molecule has 1 aliphatic heterocycles. The van der Waals surface area contributed by atoms with Crippen molar-refractivity contribution in [2.75, 3.05) is 13.1 Å². The Morgan fingerprint density at radius 2 is 2.13 bits per heavy atom. The molecule has 2 heterocycles. The van der Waals surface area contributed by atoms with Gasteiger partial charge in [-0.05, 0) is 19.1 Å². The number of pyridine rings is 1. The Morgan fingerprint density at radius 3 is 2.78 bits per heavy atom. The average molecular weight is 313 g/mol. The predicted molar refractivity (Wildman–Crippen MR) is 82.4 cm³/mol. The van der Waals surface area contributed by atoms with E-state index in [1.54, 1.807) is 42.3 Å². The maximum absolute atomic E-state index is 12.3. The van der Waals surface area contributed by atoms with Crippen molar-refractivity contribution in [1.29, 1.82) is 0 Å². The molecule has 0 bridgehead atoms. The Kier molecular flexibility index (Phi) is 3.92. The predicted octanol–water partition coefficient (Wildman–Crippen LogP) is 2.20. The second-order valence-electron chi connectivity index (χ2n) is 5.38. The third kappa shape index (κ3) is 3.13. The van der Waals surface area contributed by atoms with Crippen molar-refractivity contribution in [2.45, 2.75) is 13.0 Å². The number of aromatic nitrogens is 1. The fourth-order valence-electron chi connectivity index (χ4n) is 2.39. The summed E-state index contributed by atoms with van der Waals surface area (Å²) in [7, 11) is 0. The van der Waals surface area contributed by atoms with Crippen LogP contribution in [0, 0.1) is 17.0 Å². The van der Waals surface area contributed by atoms with Gasteiger partial charge < -0.3 is 9.64 Å². The number of nitro benzene ring substituents is 1. The number of amides is 1. The van der Waals surface area contributed by atoms with Crippen LogP contribution in [0.4, 0.5) is 5.69 Å². The SMILES string of the molecule is Cc1ccc(C(=O)N2CC(Oc3ccccn3)C2)cc1[N+](=O)[O-].